The highest BCUT2D eigenvalue weighted by molar-refractivity contribution is 6.33. The van der Waals surface area contributed by atoms with E-state index in [1.807, 2.05) is 25.1 Å². The Morgan fingerprint density at radius 3 is 2.39 bits per heavy atom. The van der Waals surface area contributed by atoms with E-state index in [9.17, 15) is 14.9 Å². The number of ether oxygens (including phenoxy) is 1. The van der Waals surface area contributed by atoms with Crippen molar-refractivity contribution < 1.29 is 14.3 Å². The number of carbonyl (C=O) groups excluding carboxylic acids is 2. The number of amides is 2. The zero-order valence-electron chi connectivity index (χ0n) is 17.6. The van der Waals surface area contributed by atoms with Gasteiger partial charge in [0.05, 0.1) is 15.7 Å². The normalized spacial score (nSPS) is 10.8. The smallest absolute Gasteiger partial charge is 0.266 e. The lowest BCUT2D eigenvalue weighted by Crippen LogP contribution is -2.20. The van der Waals surface area contributed by atoms with Gasteiger partial charge in [-0.2, -0.15) is 5.26 Å². The van der Waals surface area contributed by atoms with Crippen LogP contribution in [0.4, 0.5) is 11.4 Å². The highest BCUT2D eigenvalue weighted by atomic mass is 35.5. The maximum atomic E-state index is 12.4. The van der Waals surface area contributed by atoms with Crippen LogP contribution in [-0.2, 0) is 9.59 Å². The van der Waals surface area contributed by atoms with Gasteiger partial charge in [0.25, 0.3) is 11.8 Å². The molecule has 33 heavy (non-hydrogen) atoms. The summed E-state index contributed by atoms with van der Waals surface area (Å²) in [4.78, 5) is 24.5. The Bertz CT molecular complexity index is 1250. The molecule has 166 valence electrons. The Balaban J connectivity index is 1.63. The second-order valence-corrected chi connectivity index (χ2v) is 7.81. The Kier molecular flexibility index (Phi) is 8.09. The lowest BCUT2D eigenvalue weighted by molar-refractivity contribution is -0.118. The highest BCUT2D eigenvalue weighted by Crippen LogP contribution is 2.27. The van der Waals surface area contributed by atoms with Crippen molar-refractivity contribution in [1.29, 1.82) is 5.26 Å². The summed E-state index contributed by atoms with van der Waals surface area (Å²) in [6.45, 7) is 1.66. The van der Waals surface area contributed by atoms with Gasteiger partial charge in [-0.1, -0.05) is 59.1 Å². The van der Waals surface area contributed by atoms with Crippen LogP contribution in [0.2, 0.25) is 10.0 Å². The lowest BCUT2D eigenvalue weighted by Gasteiger charge is -2.10. The summed E-state index contributed by atoms with van der Waals surface area (Å²) in [6.07, 6.45) is 1.42. The van der Waals surface area contributed by atoms with E-state index in [2.05, 4.69) is 10.6 Å². The number of anilines is 2. The van der Waals surface area contributed by atoms with Crippen LogP contribution in [0.3, 0.4) is 0 Å². The third-order valence-electron chi connectivity index (χ3n) is 4.45. The molecule has 0 aliphatic carbocycles. The molecular weight excluding hydrogens is 461 g/mol. The van der Waals surface area contributed by atoms with Crippen LogP contribution in [0, 0.1) is 18.3 Å². The Labute approximate surface area is 201 Å². The molecule has 0 saturated carbocycles. The van der Waals surface area contributed by atoms with Crippen LogP contribution < -0.4 is 15.4 Å². The van der Waals surface area contributed by atoms with Crippen LogP contribution in [-0.4, -0.2) is 18.4 Å². The van der Waals surface area contributed by atoms with Gasteiger partial charge in [0.2, 0.25) is 0 Å². The van der Waals surface area contributed by atoms with Gasteiger partial charge < -0.3 is 15.4 Å². The summed E-state index contributed by atoms with van der Waals surface area (Å²) in [7, 11) is 0. The molecule has 2 amide bonds. The quantitative estimate of drug-likeness (QED) is 0.327. The van der Waals surface area contributed by atoms with E-state index < -0.39 is 11.8 Å². The van der Waals surface area contributed by atoms with E-state index in [1.165, 1.54) is 6.08 Å². The zero-order valence-corrected chi connectivity index (χ0v) is 19.1. The van der Waals surface area contributed by atoms with Gasteiger partial charge in [0.15, 0.2) is 6.61 Å². The minimum absolute atomic E-state index is 0.0839. The van der Waals surface area contributed by atoms with E-state index in [4.69, 9.17) is 27.9 Å². The van der Waals surface area contributed by atoms with Gasteiger partial charge >= 0.3 is 0 Å². The monoisotopic (exact) mass is 479 g/mol. The minimum atomic E-state index is -0.533. The molecule has 0 spiro atoms. The van der Waals surface area contributed by atoms with Crippen molar-refractivity contribution in [3.05, 3.63) is 93.5 Å². The number of nitrogens with one attached hydrogen (secondary N) is 2. The van der Waals surface area contributed by atoms with Crippen molar-refractivity contribution in [2.45, 2.75) is 6.92 Å². The largest absolute Gasteiger partial charge is 0.482 e. The highest BCUT2D eigenvalue weighted by Gasteiger charge is 2.12. The predicted octanol–water partition coefficient (Wildman–Crippen LogP) is 5.87. The van der Waals surface area contributed by atoms with Crippen LogP contribution in [0.1, 0.15) is 11.1 Å². The molecule has 0 atom stereocenters. The molecule has 0 aromatic heterocycles. The molecular formula is C25H19Cl2N3O3. The second kappa shape index (κ2) is 11.2. The molecule has 6 nitrogen and oxygen atoms in total. The van der Waals surface area contributed by atoms with Gasteiger partial charge in [0, 0.05) is 5.69 Å². The first-order valence-electron chi connectivity index (χ1n) is 9.82. The third kappa shape index (κ3) is 6.84. The van der Waals surface area contributed by atoms with Gasteiger partial charge in [-0.25, -0.2) is 0 Å². The molecule has 3 rings (SSSR count). The van der Waals surface area contributed by atoms with Gasteiger partial charge in [-0.15, -0.1) is 0 Å². The summed E-state index contributed by atoms with van der Waals surface area (Å²) in [5, 5.41) is 15.4. The third-order valence-corrected chi connectivity index (χ3v) is 5.07. The molecule has 0 saturated heterocycles. The molecule has 0 unspecified atom stereocenters. The average Bonchev–Trinajstić information content (AvgIpc) is 2.80. The predicted molar refractivity (Wildman–Crippen MR) is 130 cm³/mol. The number of benzene rings is 3. The van der Waals surface area contributed by atoms with Crippen molar-refractivity contribution in [2.24, 2.45) is 0 Å². The molecule has 2 N–H and O–H groups in total. The molecule has 0 aliphatic heterocycles. The van der Waals surface area contributed by atoms with Gasteiger partial charge in [0.1, 0.15) is 17.4 Å². The number of hydrogen-bond donors (Lipinski definition) is 2. The number of nitrogens with zero attached hydrogens (tertiary/aromatic N) is 1. The van der Waals surface area contributed by atoms with Gasteiger partial charge in [-0.3, -0.25) is 9.59 Å². The summed E-state index contributed by atoms with van der Waals surface area (Å²) in [5.74, 6) is -0.650. The number of halogens is 2. The van der Waals surface area contributed by atoms with E-state index in [0.717, 1.165) is 5.56 Å². The van der Waals surface area contributed by atoms with E-state index >= 15 is 0 Å². The molecule has 3 aromatic rings. The SMILES string of the molecule is Cc1ccc(NC(=O)/C(C#N)=C\c2ccc(OCC(=O)Nc3ccccc3Cl)c(Cl)c2)cc1. The van der Waals surface area contributed by atoms with Crippen LogP contribution in [0.5, 0.6) is 5.75 Å². The first kappa shape index (κ1) is 23.9. The van der Waals surface area contributed by atoms with E-state index in [0.29, 0.717) is 22.0 Å². The molecule has 0 radical (unpaired) electrons. The van der Waals surface area contributed by atoms with Crippen LogP contribution >= 0.6 is 23.2 Å². The number of hydrogen-bond acceptors (Lipinski definition) is 4. The standard InChI is InChI=1S/C25H19Cl2N3O3/c1-16-6-9-19(10-7-16)29-25(32)18(14-28)12-17-8-11-23(21(27)13-17)33-15-24(31)30-22-5-3-2-4-20(22)26/h2-13H,15H2,1H3,(H,29,32)(H,30,31)/b18-12-. The summed E-state index contributed by atoms with van der Waals surface area (Å²) >= 11 is 12.3. The maximum absolute atomic E-state index is 12.4. The maximum Gasteiger partial charge on any atom is 0.266 e. The number of rotatable bonds is 7. The zero-order chi connectivity index (χ0) is 23.8. The fourth-order valence-corrected chi connectivity index (χ4v) is 3.19. The molecule has 0 heterocycles. The first-order chi connectivity index (χ1) is 15.9. The van der Waals surface area contributed by atoms with Crippen molar-refractivity contribution >= 4 is 52.5 Å². The average molecular weight is 480 g/mol. The van der Waals surface area contributed by atoms with Crippen LogP contribution in [0.15, 0.2) is 72.3 Å². The first-order valence-corrected chi connectivity index (χ1v) is 10.6. The minimum Gasteiger partial charge on any atom is -0.482 e. The fourth-order valence-electron chi connectivity index (χ4n) is 2.77. The van der Waals surface area contributed by atoms with Crippen molar-refractivity contribution in [3.63, 3.8) is 0 Å². The fraction of sp³-hybridized carbons (Fsp3) is 0.0800. The number of nitriles is 1. The number of para-hydroxylation sites is 1. The molecule has 3 aromatic carbocycles. The van der Waals surface area contributed by atoms with Crippen LogP contribution in [0.25, 0.3) is 6.08 Å². The Morgan fingerprint density at radius 1 is 1.00 bits per heavy atom. The summed E-state index contributed by atoms with van der Waals surface area (Å²) in [6, 6.07) is 20.7. The molecule has 0 bridgehead atoms. The Hall–Kier alpha value is -3.79. The summed E-state index contributed by atoms with van der Waals surface area (Å²) in [5.41, 5.74) is 2.57. The number of aryl methyl sites for hydroxylation is 1. The Morgan fingerprint density at radius 2 is 1.73 bits per heavy atom. The van der Waals surface area contributed by atoms with Crippen molar-refractivity contribution in [2.75, 3.05) is 17.2 Å². The summed E-state index contributed by atoms with van der Waals surface area (Å²) < 4.78 is 5.48. The van der Waals surface area contributed by atoms with Crippen molar-refractivity contribution in [1.82, 2.24) is 0 Å². The van der Waals surface area contributed by atoms with E-state index in [1.54, 1.807) is 54.6 Å². The molecule has 0 fully saturated rings. The molecule has 0 aliphatic rings. The molecule has 8 heteroatoms. The van der Waals surface area contributed by atoms with Gasteiger partial charge in [-0.05, 0) is 55.0 Å². The topological polar surface area (TPSA) is 91.2 Å². The second-order valence-electron chi connectivity index (χ2n) is 7.00. The number of carbonyl (C=O) groups is 2. The lowest BCUT2D eigenvalue weighted by atomic mass is 10.1. The van der Waals surface area contributed by atoms with E-state index in [-0.39, 0.29) is 23.0 Å². The van der Waals surface area contributed by atoms with Crippen molar-refractivity contribution in [3.8, 4) is 11.8 Å².